The molecule has 0 saturated carbocycles. The van der Waals surface area contributed by atoms with Gasteiger partial charge in [0.2, 0.25) is 6.10 Å². The van der Waals surface area contributed by atoms with Crippen LogP contribution in [-0.2, 0) is 30.5 Å². The molecular formula is C19H28N2O5. The molecule has 3 unspecified atom stereocenters. The van der Waals surface area contributed by atoms with E-state index in [1.165, 1.54) is 0 Å². The molecule has 0 radical (unpaired) electrons. The third kappa shape index (κ3) is 6.74. The maximum atomic E-state index is 12.3. The fourth-order valence-electron chi connectivity index (χ4n) is 2.79. The van der Waals surface area contributed by atoms with Gasteiger partial charge in [-0.2, -0.15) is 5.48 Å². The summed E-state index contributed by atoms with van der Waals surface area (Å²) in [6.07, 6.45) is 0.496. The molecule has 0 aliphatic carbocycles. The summed E-state index contributed by atoms with van der Waals surface area (Å²) in [6.45, 7) is 6.71. The quantitative estimate of drug-likeness (QED) is 0.413. The summed E-state index contributed by atoms with van der Waals surface area (Å²) in [5.74, 6) is -0.533. The van der Waals surface area contributed by atoms with Crippen molar-refractivity contribution in [1.29, 1.82) is 0 Å². The maximum absolute atomic E-state index is 12.3. The molecule has 2 N–H and O–H groups in total. The Bertz CT molecular complexity index is 565. The van der Waals surface area contributed by atoms with Crippen LogP contribution in [0, 0.1) is 0 Å². The highest BCUT2D eigenvalue weighted by Crippen LogP contribution is 2.17. The number of hydrogen-bond donors (Lipinski definition) is 2. The van der Waals surface area contributed by atoms with Crippen molar-refractivity contribution in [3.05, 3.63) is 35.9 Å². The van der Waals surface area contributed by atoms with Gasteiger partial charge in [-0.25, -0.2) is 4.79 Å². The molecule has 0 spiro atoms. The van der Waals surface area contributed by atoms with Gasteiger partial charge in [0.15, 0.2) is 0 Å². The fourth-order valence-corrected chi connectivity index (χ4v) is 2.79. The van der Waals surface area contributed by atoms with Crippen molar-refractivity contribution in [3.63, 3.8) is 0 Å². The Kier molecular flexibility index (Phi) is 7.56. The molecule has 1 aromatic carbocycles. The first-order valence-corrected chi connectivity index (χ1v) is 8.85. The van der Waals surface area contributed by atoms with E-state index in [0.29, 0.717) is 26.0 Å². The lowest BCUT2D eigenvalue weighted by Gasteiger charge is -2.34. The number of ether oxygens (including phenoxy) is 2. The molecule has 1 aliphatic rings. The fraction of sp³-hybridized carbons (Fsp3) is 0.579. The molecule has 3 atom stereocenters. The number of nitrogens with one attached hydrogen (secondary N) is 2. The predicted octanol–water partition coefficient (Wildman–Crippen LogP) is 1.71. The second kappa shape index (κ2) is 9.66. The van der Waals surface area contributed by atoms with Gasteiger partial charge in [-0.15, -0.1) is 0 Å². The normalized spacial score (nSPS) is 21.7. The van der Waals surface area contributed by atoms with E-state index in [-0.39, 0.29) is 12.1 Å². The first kappa shape index (κ1) is 20.4. The number of rotatable bonds is 8. The molecule has 1 aliphatic heterocycles. The minimum Gasteiger partial charge on any atom is -0.457 e. The Morgan fingerprint density at radius 2 is 2.04 bits per heavy atom. The molecule has 26 heavy (non-hydrogen) atoms. The zero-order valence-electron chi connectivity index (χ0n) is 15.6. The summed E-state index contributed by atoms with van der Waals surface area (Å²) in [5.41, 5.74) is 3.50. The lowest BCUT2D eigenvalue weighted by atomic mass is 9.97. The number of piperidine rings is 1. The van der Waals surface area contributed by atoms with Crippen molar-refractivity contribution < 1.29 is 23.9 Å². The van der Waals surface area contributed by atoms with Crippen molar-refractivity contribution in [2.24, 2.45) is 0 Å². The highest BCUT2D eigenvalue weighted by atomic mass is 16.6. The predicted molar refractivity (Wildman–Crippen MR) is 96.0 cm³/mol. The van der Waals surface area contributed by atoms with Crippen LogP contribution in [-0.4, -0.2) is 42.8 Å². The Hall–Kier alpha value is -1.96. The number of esters is 1. The highest BCUT2D eigenvalue weighted by Gasteiger charge is 2.36. The van der Waals surface area contributed by atoms with Gasteiger partial charge in [0.1, 0.15) is 5.60 Å². The van der Waals surface area contributed by atoms with Gasteiger partial charge in [-0.3, -0.25) is 9.63 Å². The standard InChI is InChI=1S/C19H28N2O5/c1-19(2,3)26-18(23)17(24-13-22)16-10-9-15(11-20-16)21-25-12-14-7-5-4-6-8-14/h4-8,13,15-17,20-21H,9-12H2,1-3H3. The molecule has 7 heteroatoms. The van der Waals surface area contributed by atoms with E-state index in [0.717, 1.165) is 12.0 Å². The topological polar surface area (TPSA) is 85.9 Å². The minimum absolute atomic E-state index is 0.116. The summed E-state index contributed by atoms with van der Waals surface area (Å²) >= 11 is 0. The van der Waals surface area contributed by atoms with Crippen LogP contribution in [0.4, 0.5) is 0 Å². The van der Waals surface area contributed by atoms with E-state index in [1.54, 1.807) is 20.8 Å². The molecule has 1 heterocycles. The summed E-state index contributed by atoms with van der Waals surface area (Å²) in [5, 5.41) is 3.24. The zero-order chi connectivity index (χ0) is 19.0. The molecule has 0 aromatic heterocycles. The first-order valence-electron chi connectivity index (χ1n) is 8.85. The van der Waals surface area contributed by atoms with Gasteiger partial charge in [0.05, 0.1) is 12.6 Å². The van der Waals surface area contributed by atoms with Crippen LogP contribution < -0.4 is 10.8 Å². The van der Waals surface area contributed by atoms with E-state index in [9.17, 15) is 9.59 Å². The SMILES string of the molecule is CC(C)(C)OC(=O)C(OC=O)C1CCC(NOCc2ccccc2)CN1. The molecule has 0 bridgehead atoms. The zero-order valence-corrected chi connectivity index (χ0v) is 15.6. The van der Waals surface area contributed by atoms with E-state index in [2.05, 4.69) is 10.8 Å². The third-order valence-electron chi connectivity index (χ3n) is 3.99. The molecule has 1 saturated heterocycles. The van der Waals surface area contributed by atoms with Crippen molar-refractivity contribution in [2.75, 3.05) is 6.54 Å². The van der Waals surface area contributed by atoms with Crippen LogP contribution in [0.3, 0.4) is 0 Å². The lowest BCUT2D eigenvalue weighted by Crippen LogP contribution is -2.55. The molecule has 1 fully saturated rings. The van der Waals surface area contributed by atoms with Crippen LogP contribution in [0.5, 0.6) is 0 Å². The highest BCUT2D eigenvalue weighted by molar-refractivity contribution is 5.77. The molecule has 2 rings (SSSR count). The number of carbonyl (C=O) groups excluding carboxylic acids is 2. The van der Waals surface area contributed by atoms with Crippen LogP contribution in [0.1, 0.15) is 39.2 Å². The Morgan fingerprint density at radius 1 is 1.31 bits per heavy atom. The molecule has 0 amide bonds. The van der Waals surface area contributed by atoms with Crippen molar-refractivity contribution in [3.8, 4) is 0 Å². The van der Waals surface area contributed by atoms with Gasteiger partial charge in [0, 0.05) is 12.6 Å². The summed E-state index contributed by atoms with van der Waals surface area (Å²) in [6, 6.07) is 9.74. The van der Waals surface area contributed by atoms with E-state index < -0.39 is 17.7 Å². The van der Waals surface area contributed by atoms with Crippen molar-refractivity contribution >= 4 is 12.4 Å². The third-order valence-corrected chi connectivity index (χ3v) is 3.99. The summed E-state index contributed by atoms with van der Waals surface area (Å²) in [7, 11) is 0. The summed E-state index contributed by atoms with van der Waals surface area (Å²) < 4.78 is 10.3. The second-order valence-electron chi connectivity index (χ2n) is 7.37. The van der Waals surface area contributed by atoms with Crippen LogP contribution in [0.25, 0.3) is 0 Å². The van der Waals surface area contributed by atoms with Crippen LogP contribution in [0.2, 0.25) is 0 Å². The number of hydroxylamine groups is 1. The minimum atomic E-state index is -0.946. The lowest BCUT2D eigenvalue weighted by molar-refractivity contribution is -0.173. The van der Waals surface area contributed by atoms with Crippen molar-refractivity contribution in [1.82, 2.24) is 10.8 Å². The molecular weight excluding hydrogens is 336 g/mol. The van der Waals surface area contributed by atoms with Crippen LogP contribution in [0.15, 0.2) is 30.3 Å². The van der Waals surface area contributed by atoms with E-state index in [1.807, 2.05) is 30.3 Å². The Balaban J connectivity index is 1.77. The van der Waals surface area contributed by atoms with Crippen LogP contribution >= 0.6 is 0 Å². The number of hydrogen-bond acceptors (Lipinski definition) is 7. The summed E-state index contributed by atoms with van der Waals surface area (Å²) in [4.78, 5) is 28.6. The Morgan fingerprint density at radius 3 is 2.62 bits per heavy atom. The Labute approximate surface area is 154 Å². The van der Waals surface area contributed by atoms with E-state index >= 15 is 0 Å². The van der Waals surface area contributed by atoms with Gasteiger partial charge in [-0.1, -0.05) is 30.3 Å². The van der Waals surface area contributed by atoms with Crippen molar-refractivity contribution in [2.45, 2.75) is 64.0 Å². The largest absolute Gasteiger partial charge is 0.457 e. The molecule has 144 valence electrons. The van der Waals surface area contributed by atoms with Gasteiger partial charge >= 0.3 is 5.97 Å². The van der Waals surface area contributed by atoms with Gasteiger partial charge < -0.3 is 14.8 Å². The maximum Gasteiger partial charge on any atom is 0.349 e. The number of carbonyl (C=O) groups is 2. The van der Waals surface area contributed by atoms with Gasteiger partial charge in [-0.05, 0) is 39.2 Å². The monoisotopic (exact) mass is 364 g/mol. The first-order chi connectivity index (χ1) is 12.4. The molecule has 1 aromatic rings. The smallest absolute Gasteiger partial charge is 0.349 e. The second-order valence-corrected chi connectivity index (χ2v) is 7.37. The number of benzene rings is 1. The molecule has 7 nitrogen and oxygen atoms in total. The average Bonchev–Trinajstić information content (AvgIpc) is 2.60. The van der Waals surface area contributed by atoms with Gasteiger partial charge in [0.25, 0.3) is 6.47 Å². The van der Waals surface area contributed by atoms with E-state index in [4.69, 9.17) is 14.3 Å². The average molecular weight is 364 g/mol.